The van der Waals surface area contributed by atoms with Gasteiger partial charge in [-0.2, -0.15) is 0 Å². The Morgan fingerprint density at radius 2 is 2.14 bits per heavy atom. The molecule has 1 aliphatic heterocycles. The average Bonchev–Trinajstić information content (AvgIpc) is 3.44. The van der Waals surface area contributed by atoms with Crippen molar-refractivity contribution in [2.45, 2.75) is 45.1 Å². The third-order valence-electron chi connectivity index (χ3n) is 5.48. The zero-order valence-electron chi connectivity index (χ0n) is 16.3. The van der Waals surface area contributed by atoms with E-state index in [4.69, 9.17) is 0 Å². The van der Waals surface area contributed by atoms with E-state index >= 15 is 0 Å². The lowest BCUT2D eigenvalue weighted by atomic mass is 9.95. The third-order valence-corrected chi connectivity index (χ3v) is 5.48. The highest BCUT2D eigenvalue weighted by Gasteiger charge is 2.29. The van der Waals surface area contributed by atoms with E-state index < -0.39 is 0 Å². The van der Waals surface area contributed by atoms with Gasteiger partial charge in [0.1, 0.15) is 11.6 Å². The number of hydrogen-bond acceptors (Lipinski definition) is 3. The van der Waals surface area contributed by atoms with Crippen molar-refractivity contribution in [2.75, 3.05) is 13.1 Å². The number of aromatic amines is 1. The molecule has 1 amide bonds. The van der Waals surface area contributed by atoms with Gasteiger partial charge in [-0.15, -0.1) is 0 Å². The number of nitrogens with zero attached hydrogens (tertiary/aromatic N) is 4. The minimum Gasteiger partial charge on any atom is -0.345 e. The smallest absolute Gasteiger partial charge is 0.254 e. The number of aromatic nitrogens is 4. The van der Waals surface area contributed by atoms with Crippen LogP contribution in [0.1, 0.15) is 54.7 Å². The number of piperidine rings is 1. The lowest BCUT2D eigenvalue weighted by Crippen LogP contribution is -2.40. The van der Waals surface area contributed by atoms with E-state index in [9.17, 15) is 4.79 Å². The SMILES string of the molecule is CCCCn1ccnc1C1CCCN(C(=O)c2ccccc2-c2ncc[nH]2)C1. The number of hydrogen-bond donors (Lipinski definition) is 1. The van der Waals surface area contributed by atoms with Crippen molar-refractivity contribution in [3.05, 3.63) is 60.4 Å². The molecule has 1 atom stereocenters. The van der Waals surface area contributed by atoms with E-state index in [0.717, 1.165) is 56.0 Å². The third kappa shape index (κ3) is 3.72. The van der Waals surface area contributed by atoms with Crippen LogP contribution in [0.2, 0.25) is 0 Å². The molecule has 1 N–H and O–H groups in total. The molecule has 1 aliphatic rings. The summed E-state index contributed by atoms with van der Waals surface area (Å²) in [5.74, 6) is 2.21. The molecule has 4 rings (SSSR count). The predicted octanol–water partition coefficient (Wildman–Crippen LogP) is 4.09. The molecule has 6 nitrogen and oxygen atoms in total. The summed E-state index contributed by atoms with van der Waals surface area (Å²) < 4.78 is 2.26. The second kappa shape index (κ2) is 8.42. The van der Waals surface area contributed by atoms with Crippen LogP contribution in [0.25, 0.3) is 11.4 Å². The van der Waals surface area contributed by atoms with Gasteiger partial charge in [0.25, 0.3) is 5.91 Å². The molecule has 3 aromatic rings. The molecule has 0 bridgehead atoms. The Balaban J connectivity index is 1.55. The standard InChI is InChI=1S/C22H27N5O/c1-2-3-13-26-15-12-25-21(26)17-7-6-14-27(16-17)22(28)19-9-5-4-8-18(19)20-23-10-11-24-20/h4-5,8-12,15,17H,2-3,6-7,13-14,16H2,1H3,(H,23,24). The van der Waals surface area contributed by atoms with E-state index in [1.54, 1.807) is 12.4 Å². The highest BCUT2D eigenvalue weighted by molar-refractivity contribution is 6.00. The molecule has 1 saturated heterocycles. The Labute approximate surface area is 165 Å². The highest BCUT2D eigenvalue weighted by Crippen LogP contribution is 2.29. The Kier molecular flexibility index (Phi) is 5.55. The number of carbonyl (C=O) groups is 1. The fraction of sp³-hybridized carbons (Fsp3) is 0.409. The van der Waals surface area contributed by atoms with Crippen LogP contribution in [0.3, 0.4) is 0 Å². The second-order valence-corrected chi connectivity index (χ2v) is 7.41. The molecule has 6 heteroatoms. The summed E-state index contributed by atoms with van der Waals surface area (Å²) in [6.07, 6.45) is 11.8. The maximum Gasteiger partial charge on any atom is 0.254 e. The average molecular weight is 377 g/mol. The first-order valence-corrected chi connectivity index (χ1v) is 10.2. The van der Waals surface area contributed by atoms with Gasteiger partial charge in [-0.25, -0.2) is 9.97 Å². The molecular weight excluding hydrogens is 350 g/mol. The molecule has 28 heavy (non-hydrogen) atoms. The molecule has 146 valence electrons. The Morgan fingerprint density at radius 3 is 2.96 bits per heavy atom. The quantitative estimate of drug-likeness (QED) is 0.703. The summed E-state index contributed by atoms with van der Waals surface area (Å²) in [4.78, 5) is 27.4. The van der Waals surface area contributed by atoms with Crippen LogP contribution in [-0.4, -0.2) is 43.4 Å². The number of likely N-dealkylation sites (tertiary alicyclic amines) is 1. The zero-order valence-corrected chi connectivity index (χ0v) is 16.3. The summed E-state index contributed by atoms with van der Waals surface area (Å²) in [6.45, 7) is 4.71. The van der Waals surface area contributed by atoms with E-state index in [1.807, 2.05) is 35.4 Å². The molecule has 2 aromatic heterocycles. The van der Waals surface area contributed by atoms with Crippen molar-refractivity contribution in [3.8, 4) is 11.4 Å². The minimum atomic E-state index is 0.0726. The fourth-order valence-electron chi connectivity index (χ4n) is 4.03. The monoisotopic (exact) mass is 377 g/mol. The van der Waals surface area contributed by atoms with Crippen LogP contribution in [0.5, 0.6) is 0 Å². The van der Waals surface area contributed by atoms with E-state index in [1.165, 1.54) is 0 Å². The van der Waals surface area contributed by atoms with Gasteiger partial charge in [0.2, 0.25) is 0 Å². The number of H-pyrrole nitrogens is 1. The van der Waals surface area contributed by atoms with Crippen molar-refractivity contribution >= 4 is 5.91 Å². The van der Waals surface area contributed by atoms with Crippen LogP contribution in [0.4, 0.5) is 0 Å². The molecular formula is C22H27N5O. The topological polar surface area (TPSA) is 66.8 Å². The number of imidazole rings is 2. The maximum atomic E-state index is 13.3. The van der Waals surface area contributed by atoms with Crippen LogP contribution >= 0.6 is 0 Å². The number of rotatable bonds is 6. The normalized spacial score (nSPS) is 17.0. The molecule has 1 aromatic carbocycles. The summed E-state index contributed by atoms with van der Waals surface area (Å²) in [5, 5.41) is 0. The number of benzene rings is 1. The lowest BCUT2D eigenvalue weighted by Gasteiger charge is -2.33. The first-order chi connectivity index (χ1) is 13.8. The maximum absolute atomic E-state index is 13.3. The van der Waals surface area contributed by atoms with Crippen molar-refractivity contribution in [3.63, 3.8) is 0 Å². The van der Waals surface area contributed by atoms with Crippen molar-refractivity contribution in [2.24, 2.45) is 0 Å². The molecule has 1 fully saturated rings. The highest BCUT2D eigenvalue weighted by atomic mass is 16.2. The Bertz CT molecular complexity index is 915. The van der Waals surface area contributed by atoms with Gasteiger partial charge in [-0.3, -0.25) is 4.79 Å². The van der Waals surface area contributed by atoms with E-state index in [0.29, 0.717) is 18.0 Å². The largest absolute Gasteiger partial charge is 0.345 e. The van der Waals surface area contributed by atoms with Gasteiger partial charge >= 0.3 is 0 Å². The first kappa shape index (κ1) is 18.5. The van der Waals surface area contributed by atoms with Crippen LogP contribution in [0.15, 0.2) is 49.1 Å². The zero-order chi connectivity index (χ0) is 19.3. The summed E-state index contributed by atoms with van der Waals surface area (Å²) in [7, 11) is 0. The van der Waals surface area contributed by atoms with Gasteiger partial charge in [0.15, 0.2) is 0 Å². The van der Waals surface area contributed by atoms with Crippen molar-refractivity contribution in [1.82, 2.24) is 24.4 Å². The van der Waals surface area contributed by atoms with E-state index in [-0.39, 0.29) is 5.91 Å². The number of nitrogens with one attached hydrogen (secondary N) is 1. The first-order valence-electron chi connectivity index (χ1n) is 10.2. The molecule has 0 radical (unpaired) electrons. The number of carbonyl (C=O) groups excluding carboxylic acids is 1. The fourth-order valence-corrected chi connectivity index (χ4v) is 4.03. The van der Waals surface area contributed by atoms with Gasteiger partial charge < -0.3 is 14.5 Å². The Hall–Kier alpha value is -2.89. The van der Waals surface area contributed by atoms with Crippen LogP contribution < -0.4 is 0 Å². The molecule has 1 unspecified atom stereocenters. The van der Waals surface area contributed by atoms with Crippen LogP contribution in [0, 0.1) is 0 Å². The molecule has 0 spiro atoms. The van der Waals surface area contributed by atoms with Crippen molar-refractivity contribution < 1.29 is 4.79 Å². The van der Waals surface area contributed by atoms with Gasteiger partial charge in [0.05, 0.1) is 5.56 Å². The van der Waals surface area contributed by atoms with Crippen LogP contribution in [-0.2, 0) is 6.54 Å². The van der Waals surface area contributed by atoms with Gasteiger partial charge in [-0.05, 0) is 25.3 Å². The second-order valence-electron chi connectivity index (χ2n) is 7.41. The summed E-state index contributed by atoms with van der Waals surface area (Å²) >= 11 is 0. The number of unbranched alkanes of at least 4 members (excludes halogenated alkanes) is 1. The summed E-state index contributed by atoms with van der Waals surface area (Å²) in [6, 6.07) is 7.70. The summed E-state index contributed by atoms with van der Waals surface area (Å²) in [5.41, 5.74) is 1.55. The minimum absolute atomic E-state index is 0.0726. The van der Waals surface area contributed by atoms with Gasteiger partial charge in [0, 0.05) is 55.9 Å². The number of aryl methyl sites for hydroxylation is 1. The van der Waals surface area contributed by atoms with Crippen molar-refractivity contribution in [1.29, 1.82) is 0 Å². The number of amides is 1. The molecule has 0 aliphatic carbocycles. The van der Waals surface area contributed by atoms with Gasteiger partial charge in [-0.1, -0.05) is 31.5 Å². The molecule has 3 heterocycles. The lowest BCUT2D eigenvalue weighted by molar-refractivity contribution is 0.0704. The predicted molar refractivity (Wildman–Crippen MR) is 109 cm³/mol. The Morgan fingerprint density at radius 1 is 1.25 bits per heavy atom. The molecule has 0 saturated carbocycles. The van der Waals surface area contributed by atoms with E-state index in [2.05, 4.69) is 32.6 Å².